The van der Waals surface area contributed by atoms with E-state index in [0.29, 0.717) is 11.8 Å². The van der Waals surface area contributed by atoms with Gasteiger partial charge in [-0.25, -0.2) is 0 Å². The van der Waals surface area contributed by atoms with Gasteiger partial charge in [-0.3, -0.25) is 0 Å². The molecular formula is C10H12Br2O2. The van der Waals surface area contributed by atoms with Crippen molar-refractivity contribution in [3.05, 3.63) is 34.3 Å². The molecule has 0 heterocycles. The minimum atomic E-state index is -0.815. The highest BCUT2D eigenvalue weighted by atomic mass is 79.9. The van der Waals surface area contributed by atoms with Crippen molar-refractivity contribution in [1.82, 2.24) is 0 Å². The SMILES string of the molecule is OC(CCBr)C(O)c1cccc(Br)c1. The number of hydrogen-bond donors (Lipinski definition) is 2. The molecule has 0 amide bonds. The van der Waals surface area contributed by atoms with Crippen molar-refractivity contribution in [2.24, 2.45) is 0 Å². The standard InChI is InChI=1S/C10H12Br2O2/c11-5-4-9(13)10(14)7-2-1-3-8(12)6-7/h1-3,6,9-10,13-14H,4-5H2. The predicted molar refractivity (Wildman–Crippen MR) is 63.5 cm³/mol. The van der Waals surface area contributed by atoms with Gasteiger partial charge in [0.15, 0.2) is 0 Å². The molecule has 0 spiro atoms. The summed E-state index contributed by atoms with van der Waals surface area (Å²) in [6, 6.07) is 7.32. The highest BCUT2D eigenvalue weighted by Crippen LogP contribution is 2.22. The van der Waals surface area contributed by atoms with E-state index in [1.54, 1.807) is 6.07 Å². The Hall–Kier alpha value is 0.100. The second-order valence-corrected chi connectivity index (χ2v) is 4.75. The van der Waals surface area contributed by atoms with Gasteiger partial charge in [-0.15, -0.1) is 0 Å². The van der Waals surface area contributed by atoms with Gasteiger partial charge in [-0.2, -0.15) is 0 Å². The fourth-order valence-electron chi connectivity index (χ4n) is 1.18. The molecule has 0 bridgehead atoms. The highest BCUT2D eigenvalue weighted by molar-refractivity contribution is 9.10. The third-order valence-corrected chi connectivity index (χ3v) is 2.91. The van der Waals surface area contributed by atoms with Crippen molar-refractivity contribution in [2.45, 2.75) is 18.6 Å². The van der Waals surface area contributed by atoms with Crippen LogP contribution >= 0.6 is 31.9 Å². The van der Waals surface area contributed by atoms with Crippen LogP contribution in [0, 0.1) is 0 Å². The van der Waals surface area contributed by atoms with Crippen LogP contribution in [0.1, 0.15) is 18.1 Å². The van der Waals surface area contributed by atoms with Crippen LogP contribution in [-0.4, -0.2) is 21.6 Å². The number of hydrogen-bond acceptors (Lipinski definition) is 2. The van der Waals surface area contributed by atoms with Gasteiger partial charge in [0.25, 0.3) is 0 Å². The highest BCUT2D eigenvalue weighted by Gasteiger charge is 2.17. The van der Waals surface area contributed by atoms with Crippen molar-refractivity contribution < 1.29 is 10.2 Å². The second-order valence-electron chi connectivity index (χ2n) is 3.04. The van der Waals surface area contributed by atoms with Crippen molar-refractivity contribution in [1.29, 1.82) is 0 Å². The molecule has 14 heavy (non-hydrogen) atoms. The molecule has 2 nitrogen and oxygen atoms in total. The van der Waals surface area contributed by atoms with Crippen molar-refractivity contribution in [3.63, 3.8) is 0 Å². The Balaban J connectivity index is 2.73. The van der Waals surface area contributed by atoms with Gasteiger partial charge in [0.05, 0.1) is 6.10 Å². The summed E-state index contributed by atoms with van der Waals surface area (Å²) in [5.74, 6) is 0. The van der Waals surface area contributed by atoms with E-state index in [9.17, 15) is 10.2 Å². The Morgan fingerprint density at radius 1 is 1.29 bits per heavy atom. The van der Waals surface area contributed by atoms with Crippen LogP contribution in [0.5, 0.6) is 0 Å². The van der Waals surface area contributed by atoms with Crippen molar-refractivity contribution >= 4 is 31.9 Å². The molecule has 0 aromatic heterocycles. The van der Waals surface area contributed by atoms with E-state index in [-0.39, 0.29) is 0 Å². The molecule has 1 aromatic carbocycles. The molecule has 0 aliphatic carbocycles. The molecule has 2 N–H and O–H groups in total. The van der Waals surface area contributed by atoms with E-state index >= 15 is 0 Å². The lowest BCUT2D eigenvalue weighted by Crippen LogP contribution is -2.18. The molecule has 2 atom stereocenters. The number of benzene rings is 1. The summed E-state index contributed by atoms with van der Waals surface area (Å²) >= 11 is 6.54. The summed E-state index contributed by atoms with van der Waals surface area (Å²) in [5, 5.41) is 20.0. The van der Waals surface area contributed by atoms with Gasteiger partial charge in [0.2, 0.25) is 0 Å². The van der Waals surface area contributed by atoms with Crippen LogP contribution in [0.15, 0.2) is 28.7 Å². The van der Waals surface area contributed by atoms with E-state index < -0.39 is 12.2 Å². The van der Waals surface area contributed by atoms with Crippen LogP contribution in [0.25, 0.3) is 0 Å². The number of aliphatic hydroxyl groups excluding tert-OH is 2. The summed E-state index contributed by atoms with van der Waals surface area (Å²) < 4.78 is 0.903. The summed E-state index contributed by atoms with van der Waals surface area (Å²) in [4.78, 5) is 0. The molecule has 4 heteroatoms. The van der Waals surface area contributed by atoms with E-state index in [4.69, 9.17) is 0 Å². The van der Waals surface area contributed by atoms with Crippen LogP contribution in [0.3, 0.4) is 0 Å². The minimum absolute atomic E-state index is 0.535. The molecule has 2 unspecified atom stereocenters. The molecular weight excluding hydrogens is 312 g/mol. The average Bonchev–Trinajstić information content (AvgIpc) is 2.17. The van der Waals surface area contributed by atoms with E-state index in [0.717, 1.165) is 10.0 Å². The normalized spacial score (nSPS) is 15.1. The lowest BCUT2D eigenvalue weighted by molar-refractivity contribution is 0.0173. The molecule has 0 saturated heterocycles. The lowest BCUT2D eigenvalue weighted by atomic mass is 10.0. The van der Waals surface area contributed by atoms with E-state index in [2.05, 4.69) is 31.9 Å². The summed E-state index contributed by atoms with van der Waals surface area (Å²) in [7, 11) is 0. The Kier molecular flexibility index (Phi) is 5.09. The smallest absolute Gasteiger partial charge is 0.105 e. The van der Waals surface area contributed by atoms with Gasteiger partial charge in [-0.05, 0) is 24.1 Å². The van der Waals surface area contributed by atoms with Crippen molar-refractivity contribution in [3.8, 4) is 0 Å². The minimum Gasteiger partial charge on any atom is -0.390 e. The molecule has 0 aliphatic rings. The fraction of sp³-hybridized carbons (Fsp3) is 0.400. The molecule has 78 valence electrons. The largest absolute Gasteiger partial charge is 0.390 e. The topological polar surface area (TPSA) is 40.5 Å². The maximum absolute atomic E-state index is 9.75. The quantitative estimate of drug-likeness (QED) is 0.836. The van der Waals surface area contributed by atoms with Crippen LogP contribution in [-0.2, 0) is 0 Å². The third kappa shape index (κ3) is 3.35. The Morgan fingerprint density at radius 2 is 2.00 bits per heavy atom. The Bertz CT molecular complexity index is 291. The van der Waals surface area contributed by atoms with Gasteiger partial charge in [0.1, 0.15) is 6.10 Å². The first-order valence-electron chi connectivity index (χ1n) is 4.32. The molecule has 0 radical (unpaired) electrons. The van der Waals surface area contributed by atoms with Crippen LogP contribution in [0.2, 0.25) is 0 Å². The van der Waals surface area contributed by atoms with Gasteiger partial charge in [-0.1, -0.05) is 44.0 Å². The maximum atomic E-state index is 9.75. The monoisotopic (exact) mass is 322 g/mol. The molecule has 0 fully saturated rings. The van der Waals surface area contributed by atoms with E-state index in [1.165, 1.54) is 0 Å². The zero-order chi connectivity index (χ0) is 10.6. The Labute approximate surface area is 100 Å². The zero-order valence-corrected chi connectivity index (χ0v) is 10.7. The molecule has 1 aromatic rings. The first-order valence-corrected chi connectivity index (χ1v) is 6.24. The number of aliphatic hydroxyl groups is 2. The molecule has 0 aliphatic heterocycles. The maximum Gasteiger partial charge on any atom is 0.105 e. The summed E-state index contributed by atoms with van der Waals surface area (Å²) in [6.45, 7) is 0. The zero-order valence-electron chi connectivity index (χ0n) is 7.53. The molecule has 0 saturated carbocycles. The average molecular weight is 324 g/mol. The summed E-state index contributed by atoms with van der Waals surface area (Å²) in [5.41, 5.74) is 0.729. The predicted octanol–water partition coefficient (Wildman–Crippen LogP) is 2.63. The summed E-state index contributed by atoms with van der Waals surface area (Å²) in [6.07, 6.45) is -0.998. The van der Waals surface area contributed by atoms with Crippen molar-refractivity contribution in [2.75, 3.05) is 5.33 Å². The van der Waals surface area contributed by atoms with Gasteiger partial charge in [0, 0.05) is 9.80 Å². The van der Waals surface area contributed by atoms with E-state index in [1.807, 2.05) is 18.2 Å². The fourth-order valence-corrected chi connectivity index (χ4v) is 2.07. The lowest BCUT2D eigenvalue weighted by Gasteiger charge is -2.17. The van der Waals surface area contributed by atoms with Crippen LogP contribution < -0.4 is 0 Å². The van der Waals surface area contributed by atoms with Gasteiger partial charge >= 0.3 is 0 Å². The third-order valence-electron chi connectivity index (χ3n) is 1.96. The number of alkyl halides is 1. The Morgan fingerprint density at radius 3 is 2.57 bits per heavy atom. The second kappa shape index (κ2) is 5.85. The van der Waals surface area contributed by atoms with Gasteiger partial charge < -0.3 is 10.2 Å². The number of rotatable bonds is 4. The number of halogens is 2. The van der Waals surface area contributed by atoms with Crippen LogP contribution in [0.4, 0.5) is 0 Å². The first-order chi connectivity index (χ1) is 6.65. The molecule has 1 rings (SSSR count). The first kappa shape index (κ1) is 12.2.